The number of amides is 1. The maximum absolute atomic E-state index is 12.9. The Kier molecular flexibility index (Phi) is 6.61. The van der Waals surface area contributed by atoms with Gasteiger partial charge in [-0.15, -0.1) is 0 Å². The lowest BCUT2D eigenvalue weighted by Gasteiger charge is -2.43. The van der Waals surface area contributed by atoms with Crippen LogP contribution in [-0.2, 0) is 4.79 Å². The van der Waals surface area contributed by atoms with Gasteiger partial charge in [-0.05, 0) is 48.3 Å². The van der Waals surface area contributed by atoms with Crippen molar-refractivity contribution in [3.8, 4) is 5.75 Å². The first-order valence-electron chi connectivity index (χ1n) is 10.7. The fourth-order valence-electron chi connectivity index (χ4n) is 3.67. The molecule has 0 N–H and O–H groups in total. The van der Waals surface area contributed by atoms with Crippen LogP contribution in [-0.4, -0.2) is 29.3 Å². The summed E-state index contributed by atoms with van der Waals surface area (Å²) in [7, 11) is 0. The van der Waals surface area contributed by atoms with Crippen molar-refractivity contribution in [2.75, 3.05) is 0 Å². The summed E-state index contributed by atoms with van der Waals surface area (Å²) in [6.45, 7) is 3.99. The Labute approximate surface area is 189 Å². The minimum absolute atomic E-state index is 0.150. The van der Waals surface area contributed by atoms with Crippen molar-refractivity contribution in [3.63, 3.8) is 0 Å². The van der Waals surface area contributed by atoms with Gasteiger partial charge in [0, 0.05) is 0 Å². The molecule has 160 valence electrons. The Hall–Kier alpha value is -3.92. The fourth-order valence-corrected chi connectivity index (χ4v) is 3.67. The summed E-state index contributed by atoms with van der Waals surface area (Å²) < 4.78 is 6.05. The van der Waals surface area contributed by atoms with E-state index in [9.17, 15) is 4.79 Å². The van der Waals surface area contributed by atoms with Crippen LogP contribution < -0.4 is 4.74 Å². The van der Waals surface area contributed by atoms with Gasteiger partial charge in [0.05, 0.1) is 6.21 Å². The summed E-state index contributed by atoms with van der Waals surface area (Å²) >= 11 is 0. The zero-order valence-corrected chi connectivity index (χ0v) is 18.3. The number of rotatable bonds is 7. The predicted octanol–water partition coefficient (Wildman–Crippen LogP) is 5.84. The average molecular weight is 423 g/mol. The SMILES string of the molecule is CC(/C=N/N1C(=O)[C@@H](Oc2ccccc2)[C@H]1/C(C)=C/c1ccccc1)=C\c1ccccc1. The van der Waals surface area contributed by atoms with Gasteiger partial charge in [-0.1, -0.05) is 91.0 Å². The van der Waals surface area contributed by atoms with Crippen molar-refractivity contribution in [2.45, 2.75) is 26.0 Å². The zero-order valence-electron chi connectivity index (χ0n) is 18.3. The number of benzene rings is 3. The van der Waals surface area contributed by atoms with Gasteiger partial charge in [0.2, 0.25) is 6.10 Å². The largest absolute Gasteiger partial charge is 0.478 e. The number of nitrogens with zero attached hydrogens (tertiary/aromatic N) is 2. The van der Waals surface area contributed by atoms with Crippen molar-refractivity contribution < 1.29 is 9.53 Å². The quantitative estimate of drug-likeness (QED) is 0.355. The second kappa shape index (κ2) is 9.92. The van der Waals surface area contributed by atoms with Crippen molar-refractivity contribution in [3.05, 3.63) is 113 Å². The number of β-lactam (4-membered cyclic amide) rings is 1. The predicted molar refractivity (Wildman–Crippen MR) is 130 cm³/mol. The second-order valence-corrected chi connectivity index (χ2v) is 7.82. The minimum Gasteiger partial charge on any atom is -0.478 e. The highest BCUT2D eigenvalue weighted by Crippen LogP contribution is 2.31. The molecule has 4 rings (SSSR count). The molecule has 0 aliphatic carbocycles. The zero-order chi connectivity index (χ0) is 22.3. The molecule has 1 aliphatic heterocycles. The molecular formula is C28H26N2O2. The molecule has 0 unspecified atom stereocenters. The van der Waals surface area contributed by atoms with Gasteiger partial charge in [0.15, 0.2) is 0 Å². The monoisotopic (exact) mass is 422 g/mol. The first kappa shape index (κ1) is 21.3. The molecule has 3 aromatic rings. The van der Waals surface area contributed by atoms with Gasteiger partial charge >= 0.3 is 0 Å². The third kappa shape index (κ3) is 5.03. The van der Waals surface area contributed by atoms with E-state index in [0.29, 0.717) is 5.75 Å². The maximum atomic E-state index is 12.9. The molecule has 4 heteroatoms. The van der Waals surface area contributed by atoms with E-state index < -0.39 is 6.10 Å². The van der Waals surface area contributed by atoms with Crippen LogP contribution in [0.3, 0.4) is 0 Å². The standard InChI is InChI=1S/C28H26N2O2/c1-21(18-23-12-6-3-7-13-23)20-29-30-26(22(2)19-24-14-8-4-9-15-24)27(28(30)31)32-25-16-10-5-11-17-25/h3-20,26-27H,1-2H3/b21-18+,22-19+,29-20+/t26-,27+/m1/s1. The van der Waals surface area contributed by atoms with E-state index in [-0.39, 0.29) is 11.9 Å². The molecule has 0 aromatic heterocycles. The summed E-state index contributed by atoms with van der Waals surface area (Å²) in [5.41, 5.74) is 4.14. The Morgan fingerprint density at radius 3 is 1.94 bits per heavy atom. The molecule has 1 aliphatic rings. The summed E-state index contributed by atoms with van der Waals surface area (Å²) in [5.74, 6) is 0.524. The first-order valence-corrected chi connectivity index (χ1v) is 10.7. The van der Waals surface area contributed by atoms with E-state index in [2.05, 4.69) is 11.2 Å². The van der Waals surface area contributed by atoms with E-state index in [1.165, 1.54) is 5.01 Å². The number of ether oxygens (including phenoxy) is 1. The minimum atomic E-state index is -0.604. The van der Waals surface area contributed by atoms with Crippen LogP contribution in [0.4, 0.5) is 0 Å². The highest BCUT2D eigenvalue weighted by Gasteiger charge is 2.50. The molecule has 3 aromatic carbocycles. The first-order chi connectivity index (χ1) is 15.6. The van der Waals surface area contributed by atoms with Gasteiger partial charge in [-0.2, -0.15) is 5.10 Å². The number of hydrogen-bond acceptors (Lipinski definition) is 3. The smallest absolute Gasteiger partial charge is 0.287 e. The number of carbonyl (C=O) groups is 1. The van der Waals surface area contributed by atoms with E-state index in [4.69, 9.17) is 4.74 Å². The highest BCUT2D eigenvalue weighted by atomic mass is 16.5. The van der Waals surface area contributed by atoms with Crippen LogP contribution >= 0.6 is 0 Å². The molecular weight excluding hydrogens is 396 g/mol. The molecule has 1 fully saturated rings. The Bertz CT molecular complexity index is 1140. The molecule has 1 saturated heterocycles. The average Bonchev–Trinajstić information content (AvgIpc) is 2.82. The second-order valence-electron chi connectivity index (χ2n) is 7.82. The van der Waals surface area contributed by atoms with Crippen LogP contribution in [0, 0.1) is 0 Å². The van der Waals surface area contributed by atoms with Crippen molar-refractivity contribution in [1.82, 2.24) is 5.01 Å². The topological polar surface area (TPSA) is 41.9 Å². The third-order valence-corrected chi connectivity index (χ3v) is 5.27. The molecule has 2 atom stereocenters. The molecule has 0 bridgehead atoms. The van der Waals surface area contributed by atoms with E-state index in [0.717, 1.165) is 22.3 Å². The van der Waals surface area contributed by atoms with Crippen LogP contribution in [0.2, 0.25) is 0 Å². The molecule has 0 saturated carbocycles. The normalized spacial score (nSPS) is 19.2. The van der Waals surface area contributed by atoms with Crippen LogP contribution in [0.1, 0.15) is 25.0 Å². The Balaban J connectivity index is 1.58. The Morgan fingerprint density at radius 2 is 1.34 bits per heavy atom. The van der Waals surface area contributed by atoms with Crippen molar-refractivity contribution in [1.29, 1.82) is 0 Å². The lowest BCUT2D eigenvalue weighted by Crippen LogP contribution is -2.65. The van der Waals surface area contributed by atoms with Gasteiger partial charge in [-0.3, -0.25) is 4.79 Å². The van der Waals surface area contributed by atoms with Crippen LogP contribution in [0.25, 0.3) is 12.2 Å². The van der Waals surface area contributed by atoms with E-state index in [1.54, 1.807) is 6.21 Å². The lowest BCUT2D eigenvalue weighted by atomic mass is 9.92. The number of para-hydroxylation sites is 1. The molecule has 0 spiro atoms. The van der Waals surface area contributed by atoms with Gasteiger partial charge in [-0.25, -0.2) is 5.01 Å². The van der Waals surface area contributed by atoms with E-state index in [1.807, 2.05) is 111 Å². The molecule has 32 heavy (non-hydrogen) atoms. The number of carbonyl (C=O) groups excluding carboxylic acids is 1. The summed E-state index contributed by atoms with van der Waals surface area (Å²) in [6, 6.07) is 29.3. The molecule has 0 radical (unpaired) electrons. The molecule has 4 nitrogen and oxygen atoms in total. The summed E-state index contributed by atoms with van der Waals surface area (Å²) in [5, 5.41) is 6.03. The maximum Gasteiger partial charge on any atom is 0.287 e. The van der Waals surface area contributed by atoms with Gasteiger partial charge < -0.3 is 4.74 Å². The molecule has 1 amide bonds. The van der Waals surface area contributed by atoms with Crippen LogP contribution in [0.15, 0.2) is 107 Å². The fraction of sp³-hybridized carbons (Fsp3) is 0.143. The highest BCUT2D eigenvalue weighted by molar-refractivity contribution is 5.92. The van der Waals surface area contributed by atoms with E-state index >= 15 is 0 Å². The number of hydrazone groups is 1. The van der Waals surface area contributed by atoms with Crippen molar-refractivity contribution in [2.24, 2.45) is 5.10 Å². The van der Waals surface area contributed by atoms with Crippen LogP contribution in [0.5, 0.6) is 5.75 Å². The molecule has 1 heterocycles. The number of hydrogen-bond donors (Lipinski definition) is 0. The summed E-state index contributed by atoms with van der Waals surface area (Å²) in [6.07, 6.45) is 5.24. The van der Waals surface area contributed by atoms with Gasteiger partial charge in [0.1, 0.15) is 11.8 Å². The Morgan fingerprint density at radius 1 is 0.812 bits per heavy atom. The van der Waals surface area contributed by atoms with Crippen molar-refractivity contribution >= 4 is 24.3 Å². The summed E-state index contributed by atoms with van der Waals surface area (Å²) in [4.78, 5) is 12.9. The third-order valence-electron chi connectivity index (χ3n) is 5.27. The lowest BCUT2D eigenvalue weighted by molar-refractivity contribution is -0.160. The van der Waals surface area contributed by atoms with Gasteiger partial charge in [0.25, 0.3) is 5.91 Å². The number of allylic oxidation sites excluding steroid dienone is 1.